The van der Waals surface area contributed by atoms with Crippen LogP contribution in [0.4, 0.5) is 0 Å². The highest BCUT2D eigenvalue weighted by atomic mass is 16.5. The van der Waals surface area contributed by atoms with Gasteiger partial charge in [-0.3, -0.25) is 0 Å². The van der Waals surface area contributed by atoms with Crippen LogP contribution in [0.25, 0.3) is 0 Å². The Balaban J connectivity index is 1.59. The van der Waals surface area contributed by atoms with Gasteiger partial charge in [-0.2, -0.15) is 0 Å². The summed E-state index contributed by atoms with van der Waals surface area (Å²) in [6.45, 7) is 13.9. The lowest BCUT2D eigenvalue weighted by molar-refractivity contribution is -0.0450. The predicted octanol–water partition coefficient (Wildman–Crippen LogP) is 3.23. The van der Waals surface area contributed by atoms with Crippen molar-refractivity contribution in [3.05, 3.63) is 0 Å². The second-order valence-corrected chi connectivity index (χ2v) is 7.27. The zero-order chi connectivity index (χ0) is 14.6. The van der Waals surface area contributed by atoms with Gasteiger partial charge in [-0.15, -0.1) is 0 Å². The van der Waals surface area contributed by atoms with Crippen LogP contribution in [0.3, 0.4) is 0 Å². The van der Waals surface area contributed by atoms with Crippen LogP contribution in [0.1, 0.15) is 53.4 Å². The van der Waals surface area contributed by atoms with Crippen molar-refractivity contribution in [1.29, 1.82) is 0 Å². The maximum Gasteiger partial charge on any atom is 0.0637 e. The average molecular weight is 283 g/mol. The first-order valence-corrected chi connectivity index (χ1v) is 8.42. The molecule has 0 aromatic rings. The van der Waals surface area contributed by atoms with E-state index >= 15 is 0 Å². The van der Waals surface area contributed by atoms with Crippen molar-refractivity contribution in [3.8, 4) is 0 Å². The molecule has 3 atom stereocenters. The standard InChI is InChI=1S/C17H33NO2/c1-5-19-11-6-9-18-10-12-20-15-13-14-7-8-17(15,4)16(14,2)3/h14-15,18H,5-13H2,1-4H3. The van der Waals surface area contributed by atoms with Gasteiger partial charge in [-0.1, -0.05) is 20.8 Å². The van der Waals surface area contributed by atoms with Gasteiger partial charge in [0.05, 0.1) is 12.7 Å². The monoisotopic (exact) mass is 283 g/mol. The molecule has 2 rings (SSSR count). The summed E-state index contributed by atoms with van der Waals surface area (Å²) in [6.07, 6.45) is 5.58. The SMILES string of the molecule is CCOCCCNCCOC1CC2CCC1(C)C2(C)C. The molecule has 3 heteroatoms. The second-order valence-electron chi connectivity index (χ2n) is 7.27. The lowest BCUT2D eigenvalue weighted by atomic mass is 9.70. The van der Waals surface area contributed by atoms with Crippen LogP contribution < -0.4 is 5.32 Å². The molecule has 0 heterocycles. The third-order valence-electron chi connectivity index (χ3n) is 6.16. The zero-order valence-corrected chi connectivity index (χ0v) is 13.8. The minimum absolute atomic E-state index is 0.395. The molecule has 2 saturated carbocycles. The number of hydrogen-bond acceptors (Lipinski definition) is 3. The molecule has 0 aliphatic heterocycles. The number of ether oxygens (including phenoxy) is 2. The Bertz CT molecular complexity index is 305. The van der Waals surface area contributed by atoms with Crippen molar-refractivity contribution in [1.82, 2.24) is 5.32 Å². The number of rotatable bonds is 9. The number of nitrogens with one attached hydrogen (secondary N) is 1. The number of fused-ring (bicyclic) bond motifs is 2. The van der Waals surface area contributed by atoms with Crippen molar-refractivity contribution in [2.75, 3.05) is 32.9 Å². The van der Waals surface area contributed by atoms with E-state index in [1.165, 1.54) is 19.3 Å². The molecule has 0 aromatic carbocycles. The largest absolute Gasteiger partial charge is 0.382 e. The Morgan fingerprint density at radius 1 is 1.15 bits per heavy atom. The lowest BCUT2D eigenvalue weighted by Gasteiger charge is -2.38. The van der Waals surface area contributed by atoms with Crippen LogP contribution in [-0.2, 0) is 9.47 Å². The van der Waals surface area contributed by atoms with E-state index in [1.807, 2.05) is 6.92 Å². The third-order valence-corrected chi connectivity index (χ3v) is 6.16. The molecule has 20 heavy (non-hydrogen) atoms. The van der Waals surface area contributed by atoms with Crippen LogP contribution in [0.5, 0.6) is 0 Å². The zero-order valence-electron chi connectivity index (χ0n) is 13.8. The summed E-state index contributed by atoms with van der Waals surface area (Å²) in [5, 5.41) is 3.44. The smallest absolute Gasteiger partial charge is 0.0637 e. The fourth-order valence-corrected chi connectivity index (χ4v) is 4.22. The second kappa shape index (κ2) is 6.76. The average Bonchev–Trinajstić information content (AvgIpc) is 2.75. The fraction of sp³-hybridized carbons (Fsp3) is 1.00. The Labute approximate surface area is 124 Å². The van der Waals surface area contributed by atoms with Crippen LogP contribution in [0, 0.1) is 16.7 Å². The maximum absolute atomic E-state index is 6.21. The first-order valence-electron chi connectivity index (χ1n) is 8.42. The molecule has 0 aromatic heterocycles. The fourth-order valence-electron chi connectivity index (χ4n) is 4.22. The number of hydrogen-bond donors (Lipinski definition) is 1. The Morgan fingerprint density at radius 3 is 2.55 bits per heavy atom. The summed E-state index contributed by atoms with van der Waals surface area (Å²) in [5.74, 6) is 0.872. The minimum Gasteiger partial charge on any atom is -0.382 e. The maximum atomic E-state index is 6.21. The van der Waals surface area contributed by atoms with E-state index in [1.54, 1.807) is 0 Å². The molecule has 2 bridgehead atoms. The van der Waals surface area contributed by atoms with E-state index in [0.29, 0.717) is 16.9 Å². The molecule has 0 saturated heterocycles. The summed E-state index contributed by atoms with van der Waals surface area (Å²) in [6, 6.07) is 0. The molecule has 0 amide bonds. The van der Waals surface area contributed by atoms with E-state index in [4.69, 9.17) is 9.47 Å². The summed E-state index contributed by atoms with van der Waals surface area (Å²) in [5.41, 5.74) is 0.856. The van der Waals surface area contributed by atoms with Gasteiger partial charge in [0.1, 0.15) is 0 Å². The van der Waals surface area contributed by atoms with Gasteiger partial charge in [0, 0.05) is 19.8 Å². The molecule has 118 valence electrons. The van der Waals surface area contributed by atoms with Crippen molar-refractivity contribution < 1.29 is 9.47 Å². The molecular formula is C17H33NO2. The van der Waals surface area contributed by atoms with Gasteiger partial charge in [-0.05, 0) is 55.9 Å². The van der Waals surface area contributed by atoms with Crippen LogP contribution in [0.2, 0.25) is 0 Å². The Kier molecular flexibility index (Phi) is 5.49. The normalized spacial score (nSPS) is 34.8. The highest BCUT2D eigenvalue weighted by Crippen LogP contribution is 2.66. The third kappa shape index (κ3) is 3.05. The van der Waals surface area contributed by atoms with Gasteiger partial charge in [0.25, 0.3) is 0 Å². The van der Waals surface area contributed by atoms with Crippen LogP contribution in [0.15, 0.2) is 0 Å². The van der Waals surface area contributed by atoms with Crippen LogP contribution in [-0.4, -0.2) is 39.0 Å². The molecule has 2 aliphatic rings. The summed E-state index contributed by atoms with van der Waals surface area (Å²) in [7, 11) is 0. The molecular weight excluding hydrogens is 250 g/mol. The molecule has 1 N–H and O–H groups in total. The van der Waals surface area contributed by atoms with E-state index in [0.717, 1.165) is 45.2 Å². The Hall–Kier alpha value is -0.120. The summed E-state index contributed by atoms with van der Waals surface area (Å²) in [4.78, 5) is 0. The van der Waals surface area contributed by atoms with Crippen molar-refractivity contribution in [3.63, 3.8) is 0 Å². The molecule has 2 aliphatic carbocycles. The molecule has 3 unspecified atom stereocenters. The van der Waals surface area contributed by atoms with Crippen molar-refractivity contribution >= 4 is 0 Å². The van der Waals surface area contributed by atoms with E-state index in [2.05, 4.69) is 26.1 Å². The highest BCUT2D eigenvalue weighted by molar-refractivity contribution is 5.11. The van der Waals surface area contributed by atoms with Gasteiger partial charge in [-0.25, -0.2) is 0 Å². The first kappa shape index (κ1) is 16.3. The summed E-state index contributed by atoms with van der Waals surface area (Å²) >= 11 is 0. The molecule has 2 fully saturated rings. The topological polar surface area (TPSA) is 30.5 Å². The molecule has 3 nitrogen and oxygen atoms in total. The predicted molar refractivity (Wildman–Crippen MR) is 82.9 cm³/mol. The van der Waals surface area contributed by atoms with E-state index in [9.17, 15) is 0 Å². The Morgan fingerprint density at radius 2 is 1.95 bits per heavy atom. The highest BCUT2D eigenvalue weighted by Gasteiger charge is 2.61. The molecule has 0 radical (unpaired) electrons. The lowest BCUT2D eigenvalue weighted by Crippen LogP contribution is -2.38. The van der Waals surface area contributed by atoms with Crippen LogP contribution >= 0.6 is 0 Å². The van der Waals surface area contributed by atoms with Crippen molar-refractivity contribution in [2.45, 2.75) is 59.5 Å². The minimum atomic E-state index is 0.395. The van der Waals surface area contributed by atoms with E-state index in [-0.39, 0.29) is 0 Å². The van der Waals surface area contributed by atoms with Gasteiger partial charge in [0.2, 0.25) is 0 Å². The van der Waals surface area contributed by atoms with E-state index < -0.39 is 0 Å². The molecule has 0 spiro atoms. The van der Waals surface area contributed by atoms with Gasteiger partial charge in [0.15, 0.2) is 0 Å². The van der Waals surface area contributed by atoms with Gasteiger partial charge < -0.3 is 14.8 Å². The van der Waals surface area contributed by atoms with Gasteiger partial charge >= 0.3 is 0 Å². The van der Waals surface area contributed by atoms with Crippen molar-refractivity contribution in [2.24, 2.45) is 16.7 Å². The first-order chi connectivity index (χ1) is 9.52. The quantitative estimate of drug-likeness (QED) is 0.659. The summed E-state index contributed by atoms with van der Waals surface area (Å²) < 4.78 is 11.5.